The number of rotatable bonds is 3. The molecular formula is C22H26N2O2. The van der Waals surface area contributed by atoms with Crippen LogP contribution in [0.5, 0.6) is 5.75 Å². The third kappa shape index (κ3) is 2.56. The Hall–Kier alpha value is -2.49. The van der Waals surface area contributed by atoms with E-state index in [-0.39, 0.29) is 11.4 Å². The summed E-state index contributed by atoms with van der Waals surface area (Å²) < 4.78 is 5.26. The molecule has 0 bridgehead atoms. The smallest absolute Gasteiger partial charge is 0.255 e. The van der Waals surface area contributed by atoms with Crippen LogP contribution in [0, 0.1) is 6.92 Å². The lowest BCUT2D eigenvalue weighted by molar-refractivity contribution is 0.0387. The molecule has 2 N–H and O–H groups in total. The summed E-state index contributed by atoms with van der Waals surface area (Å²) in [6.07, 6.45) is 5.58. The monoisotopic (exact) mass is 350 g/mol. The zero-order valence-electron chi connectivity index (χ0n) is 15.5. The van der Waals surface area contributed by atoms with Gasteiger partial charge in [-0.05, 0) is 60.7 Å². The van der Waals surface area contributed by atoms with Crippen molar-refractivity contribution in [3.63, 3.8) is 0 Å². The zero-order chi connectivity index (χ0) is 18.3. The Balaban J connectivity index is 1.77. The standard InChI is InChI=1S/C22H26N2O2/c1-15-12-17(23)13-19-20(15)21(25)24(22(19)10-4-3-5-11-22)14-16-6-8-18(26-2)9-7-16/h6-9,12-13H,3-5,10-11,14,23H2,1-2H3. The minimum absolute atomic E-state index is 0.148. The molecule has 1 heterocycles. The molecular weight excluding hydrogens is 324 g/mol. The van der Waals surface area contributed by atoms with E-state index in [4.69, 9.17) is 10.5 Å². The predicted octanol–water partition coefficient (Wildman–Crippen LogP) is 4.40. The first kappa shape index (κ1) is 17.0. The normalized spacial score (nSPS) is 18.2. The molecule has 1 aliphatic carbocycles. The summed E-state index contributed by atoms with van der Waals surface area (Å²) in [6, 6.07) is 12.0. The molecule has 4 rings (SSSR count). The summed E-state index contributed by atoms with van der Waals surface area (Å²) in [5.74, 6) is 0.982. The molecule has 26 heavy (non-hydrogen) atoms. The van der Waals surface area contributed by atoms with Crippen LogP contribution in [-0.2, 0) is 12.1 Å². The van der Waals surface area contributed by atoms with Crippen molar-refractivity contribution < 1.29 is 9.53 Å². The van der Waals surface area contributed by atoms with Crippen LogP contribution in [0.3, 0.4) is 0 Å². The van der Waals surface area contributed by atoms with E-state index in [0.717, 1.165) is 59.4 Å². The average molecular weight is 350 g/mol. The Labute approximate surface area is 155 Å². The molecule has 1 fully saturated rings. The van der Waals surface area contributed by atoms with Gasteiger partial charge in [-0.2, -0.15) is 0 Å². The van der Waals surface area contributed by atoms with Gasteiger partial charge in [0, 0.05) is 17.8 Å². The highest BCUT2D eigenvalue weighted by atomic mass is 16.5. The number of methoxy groups -OCH3 is 1. The number of carbonyl (C=O) groups is 1. The number of benzene rings is 2. The third-order valence-electron chi connectivity index (χ3n) is 6.02. The molecule has 0 unspecified atom stereocenters. The molecule has 0 aromatic heterocycles. The Morgan fingerprint density at radius 3 is 2.46 bits per heavy atom. The Morgan fingerprint density at radius 1 is 1.12 bits per heavy atom. The summed E-state index contributed by atoms with van der Waals surface area (Å²) in [4.78, 5) is 15.5. The van der Waals surface area contributed by atoms with Gasteiger partial charge in [0.1, 0.15) is 5.75 Å². The molecule has 1 amide bonds. The molecule has 0 atom stereocenters. The van der Waals surface area contributed by atoms with Gasteiger partial charge in [0.15, 0.2) is 0 Å². The number of hydrogen-bond acceptors (Lipinski definition) is 3. The van der Waals surface area contributed by atoms with Gasteiger partial charge < -0.3 is 15.4 Å². The lowest BCUT2D eigenvalue weighted by Gasteiger charge is -2.42. The van der Waals surface area contributed by atoms with Gasteiger partial charge in [0.25, 0.3) is 5.91 Å². The van der Waals surface area contributed by atoms with Crippen molar-refractivity contribution in [1.82, 2.24) is 4.90 Å². The zero-order valence-corrected chi connectivity index (χ0v) is 15.5. The SMILES string of the molecule is COc1ccc(CN2C(=O)c3c(C)cc(N)cc3C23CCCCC3)cc1. The fourth-order valence-corrected chi connectivity index (χ4v) is 4.75. The van der Waals surface area contributed by atoms with Crippen LogP contribution in [0.4, 0.5) is 5.69 Å². The number of nitrogens with zero attached hydrogens (tertiary/aromatic N) is 1. The van der Waals surface area contributed by atoms with Gasteiger partial charge in [-0.1, -0.05) is 31.4 Å². The van der Waals surface area contributed by atoms with E-state index in [9.17, 15) is 4.79 Å². The molecule has 136 valence electrons. The molecule has 1 aliphatic heterocycles. The quantitative estimate of drug-likeness (QED) is 0.835. The fourth-order valence-electron chi connectivity index (χ4n) is 4.75. The van der Waals surface area contributed by atoms with Crippen LogP contribution in [0.1, 0.15) is 59.2 Å². The van der Waals surface area contributed by atoms with Gasteiger partial charge in [-0.3, -0.25) is 4.79 Å². The van der Waals surface area contributed by atoms with Crippen LogP contribution in [-0.4, -0.2) is 17.9 Å². The topological polar surface area (TPSA) is 55.6 Å². The highest BCUT2D eigenvalue weighted by molar-refractivity contribution is 6.02. The molecule has 0 radical (unpaired) electrons. The summed E-state index contributed by atoms with van der Waals surface area (Å²) in [7, 11) is 1.67. The van der Waals surface area contributed by atoms with Crippen molar-refractivity contribution in [3.8, 4) is 5.75 Å². The van der Waals surface area contributed by atoms with Gasteiger partial charge in [-0.25, -0.2) is 0 Å². The van der Waals surface area contributed by atoms with E-state index >= 15 is 0 Å². The fraction of sp³-hybridized carbons (Fsp3) is 0.409. The third-order valence-corrected chi connectivity index (χ3v) is 6.02. The largest absolute Gasteiger partial charge is 0.497 e. The minimum atomic E-state index is -0.204. The molecule has 2 aromatic rings. The predicted molar refractivity (Wildman–Crippen MR) is 103 cm³/mol. The second-order valence-corrected chi connectivity index (χ2v) is 7.59. The van der Waals surface area contributed by atoms with Gasteiger partial charge in [0.2, 0.25) is 0 Å². The summed E-state index contributed by atoms with van der Waals surface area (Å²) in [5, 5.41) is 0. The lowest BCUT2D eigenvalue weighted by Crippen LogP contribution is -2.44. The summed E-state index contributed by atoms with van der Waals surface area (Å²) in [6.45, 7) is 2.62. The van der Waals surface area contributed by atoms with Gasteiger partial charge in [-0.15, -0.1) is 0 Å². The minimum Gasteiger partial charge on any atom is -0.497 e. The lowest BCUT2D eigenvalue weighted by atomic mass is 9.76. The molecule has 4 heteroatoms. The maximum Gasteiger partial charge on any atom is 0.255 e. The Kier molecular flexibility index (Phi) is 4.14. The molecule has 0 saturated heterocycles. The number of carbonyl (C=O) groups excluding carboxylic acids is 1. The van der Waals surface area contributed by atoms with Gasteiger partial charge >= 0.3 is 0 Å². The number of aryl methyl sites for hydroxylation is 1. The van der Waals surface area contributed by atoms with Crippen LogP contribution in [0.25, 0.3) is 0 Å². The number of amides is 1. The number of nitrogen functional groups attached to an aromatic ring is 1. The average Bonchev–Trinajstić information content (AvgIpc) is 2.86. The number of fused-ring (bicyclic) bond motifs is 2. The molecule has 4 nitrogen and oxygen atoms in total. The van der Waals surface area contributed by atoms with Crippen molar-refractivity contribution >= 4 is 11.6 Å². The second kappa shape index (κ2) is 6.35. The molecule has 1 saturated carbocycles. The first-order chi connectivity index (χ1) is 12.5. The number of hydrogen-bond donors (Lipinski definition) is 1. The van der Waals surface area contributed by atoms with Crippen LogP contribution >= 0.6 is 0 Å². The summed E-state index contributed by atoms with van der Waals surface area (Å²) >= 11 is 0. The first-order valence-corrected chi connectivity index (χ1v) is 9.41. The van der Waals surface area contributed by atoms with Crippen molar-refractivity contribution in [2.75, 3.05) is 12.8 Å². The Morgan fingerprint density at radius 2 is 1.81 bits per heavy atom. The van der Waals surface area contributed by atoms with Crippen LogP contribution in [0.2, 0.25) is 0 Å². The van der Waals surface area contributed by atoms with Crippen LogP contribution in [0.15, 0.2) is 36.4 Å². The van der Waals surface area contributed by atoms with Crippen molar-refractivity contribution in [2.45, 2.75) is 51.1 Å². The number of nitrogens with two attached hydrogens (primary N) is 1. The number of anilines is 1. The van der Waals surface area contributed by atoms with E-state index in [1.54, 1.807) is 7.11 Å². The second-order valence-electron chi connectivity index (χ2n) is 7.59. The van der Waals surface area contributed by atoms with Crippen molar-refractivity contribution in [2.24, 2.45) is 0 Å². The van der Waals surface area contributed by atoms with E-state index in [2.05, 4.69) is 4.90 Å². The van der Waals surface area contributed by atoms with Crippen molar-refractivity contribution in [3.05, 3.63) is 58.7 Å². The van der Waals surface area contributed by atoms with Gasteiger partial charge in [0.05, 0.1) is 12.6 Å². The van der Waals surface area contributed by atoms with Crippen molar-refractivity contribution in [1.29, 1.82) is 0 Å². The van der Waals surface area contributed by atoms with E-state index < -0.39 is 0 Å². The summed E-state index contributed by atoms with van der Waals surface area (Å²) in [5.41, 5.74) is 10.8. The van der Waals surface area contributed by atoms with E-state index in [1.165, 1.54) is 6.42 Å². The molecule has 1 spiro atoms. The van der Waals surface area contributed by atoms with Crippen LogP contribution < -0.4 is 10.5 Å². The first-order valence-electron chi connectivity index (χ1n) is 9.41. The highest BCUT2D eigenvalue weighted by Crippen LogP contribution is 2.50. The molecule has 2 aliphatic rings. The van der Waals surface area contributed by atoms with E-state index in [1.807, 2.05) is 43.3 Å². The maximum absolute atomic E-state index is 13.4. The van der Waals surface area contributed by atoms with E-state index in [0.29, 0.717) is 6.54 Å². The Bertz CT molecular complexity index is 836. The number of ether oxygens (including phenoxy) is 1. The molecule has 2 aromatic carbocycles. The maximum atomic E-state index is 13.4. The highest BCUT2D eigenvalue weighted by Gasteiger charge is 2.50.